The summed E-state index contributed by atoms with van der Waals surface area (Å²) in [5, 5.41) is 5.13. The van der Waals surface area contributed by atoms with Crippen LogP contribution in [0.25, 0.3) is 4.85 Å². The zero-order valence-corrected chi connectivity index (χ0v) is 20.7. The van der Waals surface area contributed by atoms with Crippen LogP contribution in [0.4, 0.5) is 15.8 Å². The molecule has 4 amide bonds. The highest BCUT2D eigenvalue weighted by Gasteiger charge is 2.59. The second-order valence-electron chi connectivity index (χ2n) is 10.1. The molecule has 3 atom stereocenters. The average molecular weight is 521 g/mol. The van der Waals surface area contributed by atoms with Crippen LogP contribution >= 0.6 is 0 Å². The summed E-state index contributed by atoms with van der Waals surface area (Å²) in [7, 11) is 0. The van der Waals surface area contributed by atoms with E-state index in [1.807, 2.05) is 0 Å². The van der Waals surface area contributed by atoms with E-state index in [0.717, 1.165) is 25.0 Å². The van der Waals surface area contributed by atoms with Crippen LogP contribution in [0.5, 0.6) is 0 Å². The van der Waals surface area contributed by atoms with Crippen molar-refractivity contribution in [3.8, 4) is 0 Å². The maximum Gasteiger partial charge on any atom is 0.313 e. The van der Waals surface area contributed by atoms with E-state index in [9.17, 15) is 23.6 Å². The highest BCUT2D eigenvalue weighted by atomic mass is 19.1. The molecule has 2 N–H and O–H groups in total. The van der Waals surface area contributed by atoms with Gasteiger partial charge in [0.2, 0.25) is 5.91 Å². The molecular formula is C28H28FN5O4. The number of halogens is 1. The van der Waals surface area contributed by atoms with Crippen molar-refractivity contribution in [2.75, 3.05) is 24.2 Å². The summed E-state index contributed by atoms with van der Waals surface area (Å²) in [6.45, 7) is 5.93. The minimum Gasteiger partial charge on any atom is -0.325 e. The third-order valence-electron chi connectivity index (χ3n) is 7.59. The van der Waals surface area contributed by atoms with Crippen LogP contribution in [0.3, 0.4) is 0 Å². The smallest absolute Gasteiger partial charge is 0.313 e. The number of rotatable bonds is 5. The molecule has 0 aromatic heterocycles. The van der Waals surface area contributed by atoms with Gasteiger partial charge in [-0.25, -0.2) is 11.0 Å². The maximum atomic E-state index is 14.1. The van der Waals surface area contributed by atoms with Crippen LogP contribution in [0.15, 0.2) is 42.5 Å². The van der Waals surface area contributed by atoms with Gasteiger partial charge >= 0.3 is 18.0 Å². The van der Waals surface area contributed by atoms with Gasteiger partial charge in [0.05, 0.1) is 6.42 Å². The Labute approximate surface area is 224 Å². The molecule has 9 nitrogen and oxygen atoms in total. The zero-order valence-electron chi connectivity index (χ0n) is 23.7. The van der Waals surface area contributed by atoms with Crippen LogP contribution in [-0.4, -0.2) is 59.2 Å². The normalized spacial score (nSPS) is 23.9. The Morgan fingerprint density at radius 2 is 2.08 bits per heavy atom. The summed E-state index contributed by atoms with van der Waals surface area (Å²) < 4.78 is 37.9. The molecule has 0 radical (unpaired) electrons. The summed E-state index contributed by atoms with van der Waals surface area (Å²) in [6, 6.07) is 8.90. The lowest BCUT2D eigenvalue weighted by Gasteiger charge is -2.31. The number of anilines is 2. The van der Waals surface area contributed by atoms with E-state index >= 15 is 0 Å². The number of hydrogen-bond donors (Lipinski definition) is 2. The summed E-state index contributed by atoms with van der Waals surface area (Å²) in [6.07, 6.45) is 0.362. The molecule has 38 heavy (non-hydrogen) atoms. The lowest BCUT2D eigenvalue weighted by Crippen LogP contribution is -2.53. The number of fused-ring (bicyclic) bond motifs is 2. The van der Waals surface area contributed by atoms with Gasteiger partial charge in [-0.2, -0.15) is 0 Å². The Morgan fingerprint density at radius 1 is 1.32 bits per heavy atom. The van der Waals surface area contributed by atoms with Crippen LogP contribution in [0, 0.1) is 25.2 Å². The topological polar surface area (TPSA) is 103 Å². The Bertz CT molecular complexity index is 1490. The number of hydrogen-bond acceptors (Lipinski definition) is 4. The van der Waals surface area contributed by atoms with Crippen LogP contribution in [-0.2, 0) is 24.6 Å². The molecule has 2 aliphatic heterocycles. The average Bonchev–Trinajstić information content (AvgIpc) is 3.58. The molecule has 196 valence electrons. The molecule has 2 aromatic carbocycles. The number of amides is 4. The molecule has 0 bridgehead atoms. The fraction of sp³-hybridized carbons (Fsp3) is 0.393. The van der Waals surface area contributed by atoms with E-state index in [0.29, 0.717) is 21.7 Å². The predicted molar refractivity (Wildman–Crippen MR) is 137 cm³/mol. The van der Waals surface area contributed by atoms with Crippen molar-refractivity contribution in [3.05, 3.63) is 70.8 Å². The number of likely N-dealkylation sites (tertiary alicyclic amines) is 1. The van der Waals surface area contributed by atoms with Crippen molar-refractivity contribution in [1.29, 1.82) is 0 Å². The van der Waals surface area contributed by atoms with Crippen LogP contribution in [0.1, 0.15) is 40.9 Å². The molecule has 10 heteroatoms. The first kappa shape index (κ1) is 21.8. The quantitative estimate of drug-likeness (QED) is 0.467. The van der Waals surface area contributed by atoms with Gasteiger partial charge in [-0.05, 0) is 54.7 Å². The Hall–Kier alpha value is -4.26. The highest BCUT2D eigenvalue weighted by molar-refractivity contribution is 6.40. The Morgan fingerprint density at radius 3 is 2.76 bits per heavy atom. The summed E-state index contributed by atoms with van der Waals surface area (Å²) in [5.74, 6) is -4.51. The number of likely N-dealkylation sites (N-methyl/N-ethyl adjacent to an activating group) is 1. The molecule has 1 saturated carbocycles. The maximum absolute atomic E-state index is 14.1. The number of para-hydroxylation sites is 1. The van der Waals surface area contributed by atoms with Crippen molar-refractivity contribution in [2.24, 2.45) is 5.92 Å². The predicted octanol–water partition coefficient (Wildman–Crippen LogP) is 3.07. The molecule has 1 spiro atoms. The van der Waals surface area contributed by atoms with Gasteiger partial charge in [-0.15, -0.1) is 0 Å². The first-order chi connectivity index (χ1) is 19.4. The van der Waals surface area contributed by atoms with Crippen molar-refractivity contribution in [1.82, 2.24) is 9.80 Å². The summed E-state index contributed by atoms with van der Waals surface area (Å²) in [4.78, 5) is 58.8. The highest BCUT2D eigenvalue weighted by Crippen LogP contribution is 2.47. The molecule has 2 fully saturated rings. The third kappa shape index (κ3) is 4.38. The van der Waals surface area contributed by atoms with E-state index in [4.69, 9.17) is 10.7 Å². The van der Waals surface area contributed by atoms with E-state index in [-0.39, 0.29) is 36.9 Å². The molecular weight excluding hydrogens is 489 g/mol. The number of carbonyl (C=O) groups excluding carboxylic acids is 4. The van der Waals surface area contributed by atoms with Gasteiger partial charge in [0, 0.05) is 29.0 Å². The molecule has 3 aliphatic rings. The minimum absolute atomic E-state index is 0.00722. The second-order valence-corrected chi connectivity index (χ2v) is 10.1. The van der Waals surface area contributed by atoms with Gasteiger partial charge < -0.3 is 15.5 Å². The van der Waals surface area contributed by atoms with Crippen LogP contribution in [0.2, 0.25) is 0 Å². The van der Waals surface area contributed by atoms with Gasteiger partial charge in [0.25, 0.3) is 5.91 Å². The van der Waals surface area contributed by atoms with Crippen molar-refractivity contribution < 1.29 is 27.7 Å². The van der Waals surface area contributed by atoms with E-state index < -0.39 is 48.1 Å². The van der Waals surface area contributed by atoms with Gasteiger partial charge in [-0.3, -0.25) is 28.9 Å². The Balaban J connectivity index is 1.47. The minimum atomic E-state index is -3.18. The largest absolute Gasteiger partial charge is 0.325 e. The lowest BCUT2D eigenvalue weighted by atomic mass is 9.80. The summed E-state index contributed by atoms with van der Waals surface area (Å²) >= 11 is 0. The first-order valence-electron chi connectivity index (χ1n) is 13.8. The second kappa shape index (κ2) is 9.56. The lowest BCUT2D eigenvalue weighted by molar-refractivity contribution is -0.149. The van der Waals surface area contributed by atoms with Crippen molar-refractivity contribution in [2.45, 2.75) is 50.2 Å². The van der Waals surface area contributed by atoms with E-state index in [1.54, 1.807) is 24.3 Å². The SMILES string of the molecule is [2H]C([2H])([2H])N(C(=O)C(=O)Nc1ccc(F)cc1C)[C@@H](CC1CC1)C(=O)N1C[C@]2(C[C@H]1[N+]#[C-])C(=O)Nc1ccccc12. The number of nitrogens with zero attached hydrogens (tertiary/aromatic N) is 3. The molecule has 2 aromatic rings. The number of benzene rings is 2. The first-order valence-corrected chi connectivity index (χ1v) is 12.3. The number of nitrogens with one attached hydrogen (secondary N) is 2. The molecule has 5 rings (SSSR count). The van der Waals surface area contributed by atoms with Gasteiger partial charge in [-0.1, -0.05) is 31.0 Å². The van der Waals surface area contributed by atoms with Gasteiger partial charge in [0.15, 0.2) is 0 Å². The molecule has 2 heterocycles. The molecule has 1 aliphatic carbocycles. The molecule has 1 saturated heterocycles. The van der Waals surface area contributed by atoms with Crippen molar-refractivity contribution >= 4 is 35.0 Å². The standard InChI is InChI=1S/C28H28FN5O4/c1-16-12-18(29)10-11-20(16)31-24(35)26(37)33(3)22(13-17-8-9-17)25(36)34-15-28(14-23(34)30-2)19-6-4-5-7-21(19)32-27(28)38/h4-7,10-12,17,22-23H,8-9,13-15H2,1,3H3,(H,31,35)(H,32,38)/t22-,23-,28-/m0/s1/i3D3. The van der Waals surface area contributed by atoms with E-state index in [2.05, 4.69) is 15.5 Å². The zero-order chi connectivity index (χ0) is 29.7. The third-order valence-corrected chi connectivity index (χ3v) is 7.59. The fourth-order valence-corrected chi connectivity index (χ4v) is 5.33. The number of aryl methyl sites for hydroxylation is 1. The van der Waals surface area contributed by atoms with Crippen molar-refractivity contribution in [3.63, 3.8) is 0 Å². The summed E-state index contributed by atoms with van der Waals surface area (Å²) in [5.41, 5.74) is 0.454. The number of carbonyl (C=O) groups is 4. The van der Waals surface area contributed by atoms with Gasteiger partial charge in [0.1, 0.15) is 17.3 Å². The Kier molecular flexibility index (Phi) is 5.48. The van der Waals surface area contributed by atoms with Crippen LogP contribution < -0.4 is 10.6 Å². The monoisotopic (exact) mass is 520 g/mol. The fourth-order valence-electron chi connectivity index (χ4n) is 5.33. The van der Waals surface area contributed by atoms with E-state index in [1.165, 1.54) is 17.9 Å². The molecule has 0 unspecified atom stereocenters.